The van der Waals surface area contributed by atoms with Gasteiger partial charge in [0.15, 0.2) is 0 Å². The van der Waals surface area contributed by atoms with Gasteiger partial charge in [-0.25, -0.2) is 0 Å². The van der Waals surface area contributed by atoms with Crippen molar-refractivity contribution >= 4 is 23.0 Å². The maximum atomic E-state index is 5.52. The second-order valence-electron chi connectivity index (χ2n) is 8.98. The number of hydrogen-bond donors (Lipinski definition) is 0. The van der Waals surface area contributed by atoms with Crippen molar-refractivity contribution in [3.8, 4) is 0 Å². The third-order valence-corrected chi connectivity index (χ3v) is 9.67. The van der Waals surface area contributed by atoms with Crippen LogP contribution in [0.2, 0.25) is 0 Å². The van der Waals surface area contributed by atoms with Gasteiger partial charge in [0.05, 0.1) is 7.05 Å². The van der Waals surface area contributed by atoms with Gasteiger partial charge in [0.1, 0.15) is 0 Å². The van der Waals surface area contributed by atoms with E-state index in [1.807, 2.05) is 6.08 Å². The molecule has 3 heteroatoms. The average Bonchev–Trinajstić information content (AvgIpc) is 3.38. The van der Waals surface area contributed by atoms with Gasteiger partial charge >= 0.3 is 0 Å². The number of benzene rings is 3. The van der Waals surface area contributed by atoms with Crippen molar-refractivity contribution in [3.05, 3.63) is 138 Å². The number of allylic oxidation sites excluding steroid dienone is 6. The van der Waals surface area contributed by atoms with Gasteiger partial charge in [-0.3, -0.25) is 4.74 Å². The smallest absolute Gasteiger partial charge is 0.0608 e. The normalized spacial score (nSPS) is 12.4. The van der Waals surface area contributed by atoms with E-state index in [0.29, 0.717) is 0 Å². The Morgan fingerprint density at radius 1 is 0.778 bits per heavy atom. The van der Waals surface area contributed by atoms with E-state index in [1.54, 1.807) is 6.08 Å². The number of hydrogen-bond acceptors (Lipinski definition) is 1. The molecule has 3 aromatic rings. The summed E-state index contributed by atoms with van der Waals surface area (Å²) >= 11 is 0. The third kappa shape index (κ3) is 7.78. The second-order valence-corrected chi connectivity index (χ2v) is 12.0. The predicted octanol–water partition coefficient (Wildman–Crippen LogP) is 8.46. The molecule has 0 radical (unpaired) electrons. The molecular formula is C33H38NPTi. The molecule has 1 aliphatic rings. The van der Waals surface area contributed by atoms with Crippen LogP contribution >= 0.6 is 7.05 Å². The van der Waals surface area contributed by atoms with E-state index in [1.165, 1.54) is 45.4 Å². The van der Waals surface area contributed by atoms with Crippen LogP contribution in [0.25, 0.3) is 0 Å². The Balaban J connectivity index is 0.000000503. The summed E-state index contributed by atoms with van der Waals surface area (Å²) in [7, 11) is -2.15. The van der Waals surface area contributed by atoms with Gasteiger partial charge in [-0.1, -0.05) is 140 Å². The minimum absolute atomic E-state index is 0. The first kappa shape index (κ1) is 29.8. The molecule has 0 aromatic heterocycles. The van der Waals surface area contributed by atoms with Crippen LogP contribution in [0.3, 0.4) is 0 Å². The fraction of sp³-hybridized carbons (Fsp3) is 0.212. The Morgan fingerprint density at radius 2 is 1.22 bits per heavy atom. The van der Waals surface area contributed by atoms with Gasteiger partial charge in [-0.05, 0) is 33.3 Å². The molecular weight excluding hydrogens is 489 g/mol. The minimum atomic E-state index is -2.15. The first-order valence-corrected chi connectivity index (χ1v) is 14.2. The molecule has 0 amide bonds. The van der Waals surface area contributed by atoms with Gasteiger partial charge < -0.3 is 0 Å². The van der Waals surface area contributed by atoms with E-state index in [9.17, 15) is 0 Å². The van der Waals surface area contributed by atoms with Crippen molar-refractivity contribution in [2.45, 2.75) is 47.0 Å². The van der Waals surface area contributed by atoms with Crippen LogP contribution in [0.1, 0.15) is 42.9 Å². The van der Waals surface area contributed by atoms with E-state index in [4.69, 9.17) is 4.74 Å². The first-order chi connectivity index (χ1) is 17.0. The van der Waals surface area contributed by atoms with Crippen molar-refractivity contribution in [3.63, 3.8) is 0 Å². The standard InChI is InChI=1S/C26H26NP.C7H12.Ti/c1-20-8-14-24(15-9-20)28(27-23-6-4-5-7-23,25-16-10-21(2)11-17-25)26-18-12-22(3)13-19-26;1-3-5-7-6-4-2;/h4-6,8-19H,7H2,1-3H3;3,5,7H,1,4,6H2,2H3;. The van der Waals surface area contributed by atoms with Crippen LogP contribution in [0.5, 0.6) is 0 Å². The molecule has 1 nitrogen and oxygen atoms in total. The van der Waals surface area contributed by atoms with Crippen molar-refractivity contribution in [2.75, 3.05) is 0 Å². The topological polar surface area (TPSA) is 12.4 Å². The molecule has 36 heavy (non-hydrogen) atoms. The molecule has 4 rings (SSSR count). The zero-order chi connectivity index (χ0) is 25.1. The van der Waals surface area contributed by atoms with Crippen LogP contribution in [-0.4, -0.2) is 0 Å². The van der Waals surface area contributed by atoms with Gasteiger partial charge in [0.25, 0.3) is 0 Å². The number of unbranched alkanes of at least 4 members (excludes halogenated alkanes) is 1. The Bertz CT molecular complexity index is 1130. The van der Waals surface area contributed by atoms with Crippen molar-refractivity contribution < 1.29 is 21.7 Å². The zero-order valence-electron chi connectivity index (χ0n) is 22.1. The molecule has 0 saturated carbocycles. The molecule has 0 aliphatic heterocycles. The molecule has 0 fully saturated rings. The van der Waals surface area contributed by atoms with Gasteiger partial charge in [-0.2, -0.15) is 0 Å². The Hall–Kier alpha value is -2.44. The Morgan fingerprint density at radius 3 is 1.56 bits per heavy atom. The summed E-state index contributed by atoms with van der Waals surface area (Å²) in [5, 5.41) is 3.91. The molecule has 0 N–H and O–H groups in total. The van der Waals surface area contributed by atoms with Crippen LogP contribution < -0.4 is 15.9 Å². The summed E-state index contributed by atoms with van der Waals surface area (Å²) in [5.41, 5.74) is 4.99. The summed E-state index contributed by atoms with van der Waals surface area (Å²) in [4.78, 5) is 0. The molecule has 0 bridgehead atoms. The zero-order valence-corrected chi connectivity index (χ0v) is 24.6. The molecule has 0 atom stereocenters. The van der Waals surface area contributed by atoms with Gasteiger partial charge in [0.2, 0.25) is 0 Å². The van der Waals surface area contributed by atoms with Crippen molar-refractivity contribution in [1.29, 1.82) is 0 Å². The van der Waals surface area contributed by atoms with E-state index in [-0.39, 0.29) is 21.7 Å². The molecule has 3 aromatic carbocycles. The van der Waals surface area contributed by atoms with E-state index in [2.05, 4.69) is 131 Å². The van der Waals surface area contributed by atoms with Gasteiger partial charge in [-0.15, -0.1) is 0 Å². The fourth-order valence-corrected chi connectivity index (χ4v) is 7.48. The van der Waals surface area contributed by atoms with Gasteiger partial charge in [0, 0.05) is 49.7 Å². The van der Waals surface area contributed by atoms with Crippen LogP contribution in [-0.2, 0) is 21.7 Å². The predicted molar refractivity (Wildman–Crippen MR) is 158 cm³/mol. The molecule has 0 heterocycles. The minimum Gasteiger partial charge on any atom is -0.258 e. The number of nitrogens with zero attached hydrogens (tertiary/aromatic N) is 1. The van der Waals surface area contributed by atoms with E-state index < -0.39 is 7.05 Å². The van der Waals surface area contributed by atoms with Crippen molar-refractivity contribution in [1.82, 2.24) is 0 Å². The maximum absolute atomic E-state index is 5.52. The summed E-state index contributed by atoms with van der Waals surface area (Å²) in [5.74, 6) is 0. The third-order valence-electron chi connectivity index (χ3n) is 5.98. The second kappa shape index (κ2) is 15.0. The largest absolute Gasteiger partial charge is 0.258 e. The summed E-state index contributed by atoms with van der Waals surface area (Å²) < 4.78 is 5.52. The molecule has 184 valence electrons. The van der Waals surface area contributed by atoms with Crippen LogP contribution in [0.4, 0.5) is 0 Å². The average molecular weight is 528 g/mol. The summed E-state index contributed by atoms with van der Waals surface area (Å²) in [6.45, 7) is 12.1. The Kier molecular flexibility index (Phi) is 12.4. The SMILES string of the molecule is C=CC=CCCC.Cc1ccc(P(=NC2=CC=CC2)(c2ccc(C)cc2)c2ccc(C)cc2)cc1.[Ti]. The summed E-state index contributed by atoms with van der Waals surface area (Å²) in [6.07, 6.45) is 15.7. The van der Waals surface area contributed by atoms with E-state index in [0.717, 1.165) is 12.1 Å². The fourth-order valence-electron chi connectivity index (χ4n) is 3.96. The first-order valence-electron chi connectivity index (χ1n) is 12.5. The van der Waals surface area contributed by atoms with E-state index >= 15 is 0 Å². The number of aryl methyl sites for hydroxylation is 3. The maximum Gasteiger partial charge on any atom is 0.0608 e. The quantitative estimate of drug-likeness (QED) is 0.166. The molecule has 0 unspecified atom stereocenters. The molecule has 0 spiro atoms. The molecule has 0 saturated heterocycles. The van der Waals surface area contributed by atoms with Crippen molar-refractivity contribution in [2.24, 2.45) is 4.74 Å². The Labute approximate surface area is 233 Å². The monoisotopic (exact) mass is 527 g/mol. The van der Waals surface area contributed by atoms with Crippen LogP contribution in [0.15, 0.2) is 126 Å². The van der Waals surface area contributed by atoms with Crippen LogP contribution in [0, 0.1) is 20.8 Å². The summed E-state index contributed by atoms with van der Waals surface area (Å²) in [6, 6.07) is 26.9. The molecule has 1 aliphatic carbocycles. The number of rotatable bonds is 7.